The molecule has 0 spiro atoms. The number of aromatic nitrogens is 3. The Morgan fingerprint density at radius 1 is 1.05 bits per heavy atom. The van der Waals surface area contributed by atoms with Crippen LogP contribution in [0, 0.1) is 11.8 Å². The quantitative estimate of drug-likeness (QED) is 0.674. The van der Waals surface area contributed by atoms with Crippen LogP contribution in [0.2, 0.25) is 0 Å². The lowest BCUT2D eigenvalue weighted by Crippen LogP contribution is -1.86. The summed E-state index contributed by atoms with van der Waals surface area (Å²) < 4.78 is 5.62. The largest absolute Gasteiger partial charge is 0.410 e. The van der Waals surface area contributed by atoms with Gasteiger partial charge in [-0.15, -0.1) is 5.10 Å². The molecule has 4 nitrogen and oxygen atoms in total. The third-order valence-electron chi connectivity index (χ3n) is 3.03. The predicted octanol–water partition coefficient (Wildman–Crippen LogP) is 3.09. The smallest absolute Gasteiger partial charge is 0.294 e. The first-order valence-corrected chi connectivity index (χ1v) is 6.70. The minimum Gasteiger partial charge on any atom is -0.410 e. The second-order valence-corrected chi connectivity index (χ2v) is 4.41. The average molecular weight is 275 g/mol. The molecule has 0 N–H and O–H groups in total. The van der Waals surface area contributed by atoms with E-state index >= 15 is 0 Å². The van der Waals surface area contributed by atoms with E-state index < -0.39 is 0 Å². The summed E-state index contributed by atoms with van der Waals surface area (Å²) in [6.07, 6.45) is 4.31. The molecule has 0 saturated carbocycles. The molecule has 0 unspecified atom stereocenters. The van der Waals surface area contributed by atoms with Crippen LogP contribution in [-0.2, 0) is 6.42 Å². The molecule has 0 saturated heterocycles. The number of hydrogen-bond acceptors (Lipinski definition) is 4. The molecule has 0 aliphatic heterocycles. The topological polar surface area (TPSA) is 51.8 Å². The van der Waals surface area contributed by atoms with E-state index in [0.29, 0.717) is 11.8 Å². The van der Waals surface area contributed by atoms with Crippen LogP contribution in [0.1, 0.15) is 23.9 Å². The average Bonchev–Trinajstić information content (AvgIpc) is 3.02. The van der Waals surface area contributed by atoms with Crippen molar-refractivity contribution in [3.8, 4) is 23.3 Å². The molecule has 21 heavy (non-hydrogen) atoms. The molecule has 2 aromatic heterocycles. The molecule has 0 bridgehead atoms. The fourth-order valence-corrected chi connectivity index (χ4v) is 1.98. The van der Waals surface area contributed by atoms with Gasteiger partial charge in [0.2, 0.25) is 5.89 Å². The molecule has 2 heterocycles. The normalized spacial score (nSPS) is 9.95. The molecule has 0 fully saturated rings. The Balaban J connectivity index is 1.89. The first kappa shape index (κ1) is 13.1. The zero-order valence-corrected chi connectivity index (χ0v) is 11.6. The van der Waals surface area contributed by atoms with E-state index in [-0.39, 0.29) is 0 Å². The number of hydrogen-bond donors (Lipinski definition) is 0. The first-order chi connectivity index (χ1) is 10.4. The summed E-state index contributed by atoms with van der Waals surface area (Å²) in [6.45, 7) is 2.10. The Morgan fingerprint density at radius 3 is 2.76 bits per heavy atom. The highest BCUT2D eigenvalue weighted by Crippen LogP contribution is 2.22. The maximum absolute atomic E-state index is 5.62. The summed E-state index contributed by atoms with van der Waals surface area (Å²) in [7, 11) is 0. The van der Waals surface area contributed by atoms with E-state index in [1.54, 1.807) is 12.4 Å². The van der Waals surface area contributed by atoms with Gasteiger partial charge in [-0.1, -0.05) is 36.1 Å². The van der Waals surface area contributed by atoms with Gasteiger partial charge >= 0.3 is 0 Å². The van der Waals surface area contributed by atoms with Crippen LogP contribution in [0.3, 0.4) is 0 Å². The van der Waals surface area contributed by atoms with E-state index in [0.717, 1.165) is 17.5 Å². The summed E-state index contributed by atoms with van der Waals surface area (Å²) in [4.78, 5) is 4.00. The lowest BCUT2D eigenvalue weighted by atomic mass is 10.1. The van der Waals surface area contributed by atoms with Gasteiger partial charge in [0.15, 0.2) is 0 Å². The molecular weight excluding hydrogens is 262 g/mol. The van der Waals surface area contributed by atoms with Crippen molar-refractivity contribution in [3.05, 3.63) is 65.8 Å². The van der Waals surface area contributed by atoms with Crippen LogP contribution >= 0.6 is 0 Å². The van der Waals surface area contributed by atoms with E-state index in [2.05, 4.69) is 40.0 Å². The van der Waals surface area contributed by atoms with Crippen LogP contribution in [0.5, 0.6) is 0 Å². The van der Waals surface area contributed by atoms with Crippen molar-refractivity contribution in [3.63, 3.8) is 0 Å². The van der Waals surface area contributed by atoms with Gasteiger partial charge in [-0.3, -0.25) is 4.98 Å². The van der Waals surface area contributed by atoms with Gasteiger partial charge in [-0.25, -0.2) is 0 Å². The molecule has 0 aliphatic rings. The third-order valence-corrected chi connectivity index (χ3v) is 3.03. The number of rotatable bonds is 2. The van der Waals surface area contributed by atoms with Crippen molar-refractivity contribution in [2.45, 2.75) is 13.3 Å². The molecule has 4 heteroatoms. The first-order valence-electron chi connectivity index (χ1n) is 6.70. The van der Waals surface area contributed by atoms with Crippen LogP contribution in [0.15, 0.2) is 53.2 Å². The Bertz CT molecular complexity index is 797. The predicted molar refractivity (Wildman–Crippen MR) is 79.3 cm³/mol. The number of nitrogens with zero attached hydrogens (tertiary/aromatic N) is 3. The SMILES string of the molecule is CCc1ccccc1-c1nnc(C#Cc2cccnc2)o1. The van der Waals surface area contributed by atoms with Crippen molar-refractivity contribution in [2.75, 3.05) is 0 Å². The molecule has 1 aromatic carbocycles. The fraction of sp³-hybridized carbons (Fsp3) is 0.118. The van der Waals surface area contributed by atoms with Crippen molar-refractivity contribution < 1.29 is 4.42 Å². The second kappa shape index (κ2) is 6.02. The van der Waals surface area contributed by atoms with Crippen molar-refractivity contribution in [2.24, 2.45) is 0 Å². The number of aryl methyl sites for hydroxylation is 1. The van der Waals surface area contributed by atoms with Gasteiger partial charge in [0.1, 0.15) is 0 Å². The van der Waals surface area contributed by atoms with Crippen molar-refractivity contribution in [1.82, 2.24) is 15.2 Å². The standard InChI is InChI=1S/C17H13N3O/c1-2-14-7-3-4-8-15(14)17-20-19-16(21-17)10-9-13-6-5-11-18-12-13/h3-8,11-12H,2H2,1H3. The molecule has 102 valence electrons. The van der Waals surface area contributed by atoms with Gasteiger partial charge in [0.25, 0.3) is 5.89 Å². The van der Waals surface area contributed by atoms with Crippen LogP contribution in [0.25, 0.3) is 11.5 Å². The van der Waals surface area contributed by atoms with Gasteiger partial charge in [-0.2, -0.15) is 0 Å². The lowest BCUT2D eigenvalue weighted by molar-refractivity contribution is 0.554. The number of pyridine rings is 1. The minimum atomic E-state index is 0.305. The second-order valence-electron chi connectivity index (χ2n) is 4.41. The molecule has 0 amide bonds. The Labute approximate surface area is 122 Å². The summed E-state index contributed by atoms with van der Waals surface area (Å²) >= 11 is 0. The number of benzene rings is 1. The molecule has 0 atom stereocenters. The van der Waals surface area contributed by atoms with E-state index in [1.165, 1.54) is 5.56 Å². The van der Waals surface area contributed by atoms with Gasteiger partial charge in [0, 0.05) is 23.5 Å². The molecule has 0 radical (unpaired) electrons. The van der Waals surface area contributed by atoms with Gasteiger partial charge in [0.05, 0.1) is 0 Å². The summed E-state index contributed by atoms with van der Waals surface area (Å²) in [5.41, 5.74) is 2.95. The van der Waals surface area contributed by atoms with E-state index in [9.17, 15) is 0 Å². The monoisotopic (exact) mass is 275 g/mol. The fourth-order valence-electron chi connectivity index (χ4n) is 1.98. The van der Waals surface area contributed by atoms with Crippen LogP contribution in [0.4, 0.5) is 0 Å². The van der Waals surface area contributed by atoms with Gasteiger partial charge < -0.3 is 4.42 Å². The Morgan fingerprint density at radius 2 is 1.95 bits per heavy atom. The molecule has 0 aliphatic carbocycles. The van der Waals surface area contributed by atoms with Gasteiger partial charge in [-0.05, 0) is 36.1 Å². The van der Waals surface area contributed by atoms with E-state index in [4.69, 9.17) is 4.42 Å². The zero-order valence-electron chi connectivity index (χ0n) is 11.6. The summed E-state index contributed by atoms with van der Waals surface area (Å²) in [5.74, 6) is 6.61. The van der Waals surface area contributed by atoms with Crippen LogP contribution in [-0.4, -0.2) is 15.2 Å². The van der Waals surface area contributed by atoms with E-state index in [1.807, 2.05) is 30.3 Å². The summed E-state index contributed by atoms with van der Waals surface area (Å²) in [6, 6.07) is 11.7. The minimum absolute atomic E-state index is 0.305. The van der Waals surface area contributed by atoms with Crippen LogP contribution < -0.4 is 0 Å². The maximum Gasteiger partial charge on any atom is 0.294 e. The third kappa shape index (κ3) is 2.98. The van der Waals surface area contributed by atoms with Crippen molar-refractivity contribution >= 4 is 0 Å². The Kier molecular flexibility index (Phi) is 3.74. The highest BCUT2D eigenvalue weighted by atomic mass is 16.4. The highest BCUT2D eigenvalue weighted by Gasteiger charge is 2.10. The lowest BCUT2D eigenvalue weighted by Gasteiger charge is -2.01. The Hall–Kier alpha value is -2.93. The molecule has 3 aromatic rings. The van der Waals surface area contributed by atoms with Crippen molar-refractivity contribution in [1.29, 1.82) is 0 Å². The molecule has 3 rings (SSSR count). The maximum atomic E-state index is 5.62. The zero-order chi connectivity index (χ0) is 14.5. The summed E-state index contributed by atoms with van der Waals surface area (Å²) in [5, 5.41) is 8.04. The highest BCUT2D eigenvalue weighted by molar-refractivity contribution is 5.58. The molecular formula is C17H13N3O.